The third-order valence-electron chi connectivity index (χ3n) is 3.68. The molecule has 4 heterocycles. The third kappa shape index (κ3) is 3.44. The van der Waals surface area contributed by atoms with Crippen LogP contribution in [0.2, 0.25) is 0 Å². The number of aryl methyl sites for hydroxylation is 1. The first-order chi connectivity index (χ1) is 12.7. The van der Waals surface area contributed by atoms with Gasteiger partial charge in [0.1, 0.15) is 17.2 Å². The van der Waals surface area contributed by atoms with Crippen LogP contribution in [0.1, 0.15) is 18.4 Å². The van der Waals surface area contributed by atoms with E-state index in [1.165, 1.54) is 0 Å². The van der Waals surface area contributed by atoms with Gasteiger partial charge in [0.25, 0.3) is 0 Å². The summed E-state index contributed by atoms with van der Waals surface area (Å²) in [6.07, 6.45) is 3.47. The van der Waals surface area contributed by atoms with E-state index in [4.69, 9.17) is 14.5 Å². The molecule has 0 saturated carbocycles. The summed E-state index contributed by atoms with van der Waals surface area (Å²) in [4.78, 5) is 10.8. The van der Waals surface area contributed by atoms with E-state index in [9.17, 15) is 0 Å². The molecule has 4 rings (SSSR count). The van der Waals surface area contributed by atoms with Crippen molar-refractivity contribution in [2.75, 3.05) is 0 Å². The number of furan rings is 1. The average Bonchev–Trinajstić information content (AvgIpc) is 3.38. The van der Waals surface area contributed by atoms with Crippen LogP contribution in [0.15, 0.2) is 74.1 Å². The first kappa shape index (κ1) is 16.7. The molecule has 0 saturated heterocycles. The van der Waals surface area contributed by atoms with Crippen LogP contribution < -0.4 is 4.80 Å². The van der Waals surface area contributed by atoms with Crippen molar-refractivity contribution in [1.29, 1.82) is 0 Å². The molecule has 4 aromatic heterocycles. The van der Waals surface area contributed by atoms with Crippen LogP contribution in [0.3, 0.4) is 0 Å². The van der Waals surface area contributed by atoms with Crippen molar-refractivity contribution in [3.05, 3.63) is 75.9 Å². The third-order valence-corrected chi connectivity index (χ3v) is 5.39. The number of hydrogen-bond donors (Lipinski definition) is 0. The van der Waals surface area contributed by atoms with Gasteiger partial charge < -0.3 is 4.42 Å². The van der Waals surface area contributed by atoms with Crippen molar-refractivity contribution >= 4 is 34.1 Å². The number of thiophene rings is 1. The Bertz CT molecular complexity index is 1100. The quantitative estimate of drug-likeness (QED) is 0.464. The standard InChI is InChI=1S/C19H16N4OS2/c1-13-7-8-17(24-13)14(2)22-23-16(18-6-4-10-25-18)12-26-19(23)21-15-5-3-9-20-11-15/h3-12H,1-2H3. The van der Waals surface area contributed by atoms with Gasteiger partial charge in [-0.25, -0.2) is 9.67 Å². The van der Waals surface area contributed by atoms with Crippen LogP contribution in [-0.4, -0.2) is 15.4 Å². The van der Waals surface area contributed by atoms with Crippen LogP contribution in [0.25, 0.3) is 10.6 Å². The Hall–Kier alpha value is -2.77. The molecule has 0 aliphatic heterocycles. The Balaban J connectivity index is 1.87. The summed E-state index contributed by atoms with van der Waals surface area (Å²) in [6, 6.07) is 11.8. The zero-order valence-electron chi connectivity index (χ0n) is 14.3. The SMILES string of the molecule is CC(=Nn1c(-c2cccs2)csc1=Nc1cccnc1)c1ccc(C)o1. The fraction of sp³-hybridized carbons (Fsp3) is 0.105. The number of nitrogens with zero attached hydrogens (tertiary/aromatic N) is 4. The number of hydrogen-bond acceptors (Lipinski definition) is 6. The Morgan fingerprint density at radius 3 is 2.77 bits per heavy atom. The van der Waals surface area contributed by atoms with Gasteiger partial charge in [-0.1, -0.05) is 6.07 Å². The molecule has 0 aliphatic carbocycles. The lowest BCUT2D eigenvalue weighted by atomic mass is 10.3. The highest BCUT2D eigenvalue weighted by Gasteiger charge is 2.11. The normalized spacial score (nSPS) is 12.7. The Kier molecular flexibility index (Phi) is 4.64. The molecule has 0 amide bonds. The van der Waals surface area contributed by atoms with Gasteiger partial charge in [-0.3, -0.25) is 4.98 Å². The Labute approximate surface area is 158 Å². The molecule has 0 aliphatic rings. The average molecular weight is 380 g/mol. The first-order valence-electron chi connectivity index (χ1n) is 8.02. The summed E-state index contributed by atoms with van der Waals surface area (Å²) < 4.78 is 7.58. The zero-order chi connectivity index (χ0) is 17.9. The van der Waals surface area contributed by atoms with E-state index in [-0.39, 0.29) is 0 Å². The lowest BCUT2D eigenvalue weighted by Gasteiger charge is -2.03. The second kappa shape index (κ2) is 7.23. The molecule has 5 nitrogen and oxygen atoms in total. The number of aromatic nitrogens is 2. The summed E-state index contributed by atoms with van der Waals surface area (Å²) >= 11 is 3.23. The molecule has 0 bridgehead atoms. The summed E-state index contributed by atoms with van der Waals surface area (Å²) in [6.45, 7) is 3.86. The minimum Gasteiger partial charge on any atom is -0.460 e. The first-order valence-corrected chi connectivity index (χ1v) is 9.78. The molecule has 0 unspecified atom stereocenters. The predicted octanol–water partition coefficient (Wildman–Crippen LogP) is 5.08. The maximum Gasteiger partial charge on any atom is 0.211 e. The summed E-state index contributed by atoms with van der Waals surface area (Å²) in [5.74, 6) is 1.62. The van der Waals surface area contributed by atoms with Gasteiger partial charge in [0.15, 0.2) is 0 Å². The molecule has 0 aromatic carbocycles. The Morgan fingerprint density at radius 2 is 2.08 bits per heavy atom. The van der Waals surface area contributed by atoms with Gasteiger partial charge in [-0.05, 0) is 49.6 Å². The van der Waals surface area contributed by atoms with Crippen molar-refractivity contribution in [3.63, 3.8) is 0 Å². The smallest absolute Gasteiger partial charge is 0.211 e. The Morgan fingerprint density at radius 1 is 1.15 bits per heavy atom. The van der Waals surface area contributed by atoms with Crippen LogP contribution in [0.4, 0.5) is 5.69 Å². The molecule has 0 fully saturated rings. The maximum absolute atomic E-state index is 5.70. The lowest BCUT2D eigenvalue weighted by molar-refractivity contribution is 0.524. The van der Waals surface area contributed by atoms with Crippen molar-refractivity contribution in [2.24, 2.45) is 10.1 Å². The topological polar surface area (TPSA) is 55.7 Å². The van der Waals surface area contributed by atoms with E-state index >= 15 is 0 Å². The summed E-state index contributed by atoms with van der Waals surface area (Å²) in [5, 5.41) is 8.93. The van der Waals surface area contributed by atoms with E-state index in [1.807, 2.05) is 48.9 Å². The molecular formula is C19H16N4OS2. The maximum atomic E-state index is 5.70. The van der Waals surface area contributed by atoms with Crippen LogP contribution in [0.5, 0.6) is 0 Å². The van der Waals surface area contributed by atoms with Gasteiger partial charge in [-0.2, -0.15) is 5.10 Å². The van der Waals surface area contributed by atoms with E-state index in [0.29, 0.717) is 0 Å². The molecule has 0 N–H and O–H groups in total. The minimum absolute atomic E-state index is 0.755. The zero-order valence-corrected chi connectivity index (χ0v) is 15.9. The molecule has 7 heteroatoms. The molecule has 0 atom stereocenters. The van der Waals surface area contributed by atoms with Crippen molar-refractivity contribution in [1.82, 2.24) is 9.66 Å². The second-order valence-corrected chi connectivity index (χ2v) is 7.40. The van der Waals surface area contributed by atoms with E-state index < -0.39 is 0 Å². The van der Waals surface area contributed by atoms with E-state index in [1.54, 1.807) is 35.1 Å². The number of rotatable bonds is 4. The van der Waals surface area contributed by atoms with Crippen molar-refractivity contribution < 1.29 is 4.42 Å². The molecule has 0 radical (unpaired) electrons. The van der Waals surface area contributed by atoms with Crippen molar-refractivity contribution in [3.8, 4) is 10.6 Å². The largest absolute Gasteiger partial charge is 0.460 e. The van der Waals surface area contributed by atoms with Crippen LogP contribution in [0, 0.1) is 6.92 Å². The van der Waals surface area contributed by atoms with Gasteiger partial charge in [0, 0.05) is 11.6 Å². The molecule has 4 aromatic rings. The fourth-order valence-electron chi connectivity index (χ4n) is 2.43. The number of thiazole rings is 1. The highest BCUT2D eigenvalue weighted by atomic mass is 32.1. The van der Waals surface area contributed by atoms with Crippen LogP contribution in [-0.2, 0) is 0 Å². The minimum atomic E-state index is 0.755. The fourth-order valence-corrected chi connectivity index (χ4v) is 4.07. The van der Waals surface area contributed by atoms with Gasteiger partial charge in [0.05, 0.1) is 22.5 Å². The van der Waals surface area contributed by atoms with E-state index in [0.717, 1.165) is 38.3 Å². The molecular weight excluding hydrogens is 364 g/mol. The highest BCUT2D eigenvalue weighted by Crippen LogP contribution is 2.25. The van der Waals surface area contributed by atoms with Crippen molar-refractivity contribution in [2.45, 2.75) is 13.8 Å². The monoisotopic (exact) mass is 380 g/mol. The van der Waals surface area contributed by atoms with Crippen LogP contribution >= 0.6 is 22.7 Å². The van der Waals surface area contributed by atoms with Gasteiger partial charge in [-0.15, -0.1) is 22.7 Å². The molecule has 130 valence electrons. The second-order valence-electron chi connectivity index (χ2n) is 5.61. The predicted molar refractivity (Wildman–Crippen MR) is 106 cm³/mol. The molecule has 0 spiro atoms. The van der Waals surface area contributed by atoms with Gasteiger partial charge in [0.2, 0.25) is 4.80 Å². The van der Waals surface area contributed by atoms with E-state index in [2.05, 4.69) is 21.8 Å². The van der Waals surface area contributed by atoms with Gasteiger partial charge >= 0.3 is 0 Å². The number of pyridine rings is 1. The molecule has 26 heavy (non-hydrogen) atoms. The summed E-state index contributed by atoms with van der Waals surface area (Å²) in [7, 11) is 0. The highest BCUT2D eigenvalue weighted by molar-refractivity contribution is 7.14. The summed E-state index contributed by atoms with van der Waals surface area (Å²) in [5.41, 5.74) is 2.60. The lowest BCUT2D eigenvalue weighted by Crippen LogP contribution is -2.13.